The van der Waals surface area contributed by atoms with E-state index in [1.165, 1.54) is 5.56 Å². The monoisotopic (exact) mass is 193 g/mol. The molecule has 0 aromatic heterocycles. The molecule has 13 heavy (non-hydrogen) atoms. The molecule has 0 nitrogen and oxygen atoms in total. The number of aryl methyl sites for hydroxylation is 1. The van der Waals surface area contributed by atoms with Crippen LogP contribution in [0.25, 0.3) is 0 Å². The predicted molar refractivity (Wildman–Crippen MR) is 59.1 cm³/mol. The average Bonchev–Trinajstić information content (AvgIpc) is 2.16. The highest BCUT2D eigenvalue weighted by Gasteiger charge is 2.03. The zero-order valence-corrected chi connectivity index (χ0v) is 8.64. The first kappa shape index (κ1) is 10.3. The number of benzene rings is 1. The molecule has 1 aromatic carbocycles. The van der Waals surface area contributed by atoms with Crippen LogP contribution < -0.4 is 0 Å². The Labute approximate surface area is 85.2 Å². The molecule has 0 amide bonds. The van der Waals surface area contributed by atoms with Crippen molar-refractivity contribution in [3.8, 4) is 0 Å². The molecule has 0 bridgehead atoms. The molecule has 0 saturated carbocycles. The van der Waals surface area contributed by atoms with E-state index in [0.29, 0.717) is 0 Å². The molecule has 69 valence electrons. The van der Waals surface area contributed by atoms with Gasteiger partial charge in [-0.15, -0.1) is 6.58 Å². The van der Waals surface area contributed by atoms with Crippen LogP contribution in [0.3, 0.4) is 0 Å². The number of halogens is 1. The quantitative estimate of drug-likeness (QED) is 0.637. The van der Waals surface area contributed by atoms with Gasteiger partial charge in [-0.05, 0) is 30.5 Å². The summed E-state index contributed by atoms with van der Waals surface area (Å²) >= 11 is 6.07. The number of rotatable bonds is 3. The van der Waals surface area contributed by atoms with Gasteiger partial charge in [0, 0.05) is 10.9 Å². The fourth-order valence-corrected chi connectivity index (χ4v) is 1.54. The Balaban J connectivity index is 3.02. The maximum atomic E-state index is 6.07. The molecule has 0 N–H and O–H groups in total. The van der Waals surface area contributed by atoms with Gasteiger partial charge in [0.2, 0.25) is 0 Å². The van der Waals surface area contributed by atoms with Crippen molar-refractivity contribution in [2.24, 2.45) is 0 Å². The fraction of sp³-hybridized carbons (Fsp3) is 0.250. The second-order valence-electron chi connectivity index (χ2n) is 3.05. The molecule has 1 heteroatoms. The predicted octanol–water partition coefficient (Wildman–Crippen LogP) is 4.01. The summed E-state index contributed by atoms with van der Waals surface area (Å²) in [5, 5.41) is 0.829. The van der Waals surface area contributed by atoms with Crippen LogP contribution in [0, 0.1) is 6.92 Å². The summed E-state index contributed by atoms with van der Waals surface area (Å²) < 4.78 is 0. The molecule has 1 aromatic rings. The maximum Gasteiger partial charge on any atom is 0.0440 e. The van der Waals surface area contributed by atoms with E-state index in [1.54, 1.807) is 0 Å². The Morgan fingerprint density at radius 3 is 2.69 bits per heavy atom. The van der Waals surface area contributed by atoms with Gasteiger partial charge in [-0.25, -0.2) is 0 Å². The molecule has 0 spiro atoms. The lowest BCUT2D eigenvalue weighted by atomic mass is 9.99. The van der Waals surface area contributed by atoms with Crippen molar-refractivity contribution in [2.45, 2.75) is 19.3 Å². The van der Waals surface area contributed by atoms with E-state index in [0.717, 1.165) is 17.0 Å². The van der Waals surface area contributed by atoms with Crippen LogP contribution in [-0.4, -0.2) is 0 Å². The van der Waals surface area contributed by atoms with Gasteiger partial charge >= 0.3 is 0 Å². The summed E-state index contributed by atoms with van der Waals surface area (Å²) in [6.07, 6.45) is 2.78. The Kier molecular flexibility index (Phi) is 3.56. The third-order valence-corrected chi connectivity index (χ3v) is 2.52. The van der Waals surface area contributed by atoms with Gasteiger partial charge in [0.05, 0.1) is 0 Å². The van der Waals surface area contributed by atoms with E-state index in [2.05, 4.69) is 32.6 Å². The number of hydrogen-bond donors (Lipinski definition) is 0. The summed E-state index contributed by atoms with van der Waals surface area (Å²) in [7, 11) is 0. The molecule has 1 radical (unpaired) electrons. The molecule has 0 aliphatic carbocycles. The van der Waals surface area contributed by atoms with Crippen LogP contribution >= 0.6 is 11.6 Å². The van der Waals surface area contributed by atoms with E-state index in [-0.39, 0.29) is 5.92 Å². The standard InChI is InChI=1S/C12H14Cl/c1-4-9(3)11-7-6-10(5-2)12(13)8-11/h4,6-9H,1,3,5H2,2H3. The first-order valence-corrected chi connectivity index (χ1v) is 4.80. The molecule has 1 unspecified atom stereocenters. The number of allylic oxidation sites excluding steroid dienone is 1. The zero-order chi connectivity index (χ0) is 9.84. The minimum Gasteiger partial charge on any atom is -0.102 e. The molecular formula is C12H14Cl. The van der Waals surface area contributed by atoms with Crippen molar-refractivity contribution in [3.05, 3.63) is 53.9 Å². The van der Waals surface area contributed by atoms with Crippen LogP contribution in [-0.2, 0) is 6.42 Å². The molecule has 0 aliphatic rings. The van der Waals surface area contributed by atoms with E-state index < -0.39 is 0 Å². The summed E-state index contributed by atoms with van der Waals surface area (Å²) in [5.41, 5.74) is 2.30. The van der Waals surface area contributed by atoms with Crippen LogP contribution in [0.1, 0.15) is 24.0 Å². The SMILES string of the molecule is [CH2]C(C=C)c1ccc(CC)c(Cl)c1. The van der Waals surface area contributed by atoms with Gasteiger partial charge in [0.15, 0.2) is 0 Å². The number of hydrogen-bond acceptors (Lipinski definition) is 0. The van der Waals surface area contributed by atoms with Crippen LogP contribution in [0.2, 0.25) is 5.02 Å². The first-order chi connectivity index (χ1) is 6.19. The molecular weight excluding hydrogens is 180 g/mol. The third kappa shape index (κ3) is 2.35. The van der Waals surface area contributed by atoms with Crippen molar-refractivity contribution in [1.82, 2.24) is 0 Å². The Morgan fingerprint density at radius 1 is 1.54 bits per heavy atom. The molecule has 0 aliphatic heterocycles. The fourth-order valence-electron chi connectivity index (χ4n) is 1.22. The summed E-state index contributed by atoms with van der Waals surface area (Å²) in [5.74, 6) is 0.128. The van der Waals surface area contributed by atoms with Crippen molar-refractivity contribution in [3.63, 3.8) is 0 Å². The van der Waals surface area contributed by atoms with Crippen molar-refractivity contribution in [1.29, 1.82) is 0 Å². The van der Waals surface area contributed by atoms with E-state index >= 15 is 0 Å². The summed E-state index contributed by atoms with van der Waals surface area (Å²) in [6, 6.07) is 6.09. The Bertz CT molecular complexity index is 302. The highest BCUT2D eigenvalue weighted by Crippen LogP contribution is 2.23. The van der Waals surface area contributed by atoms with Gasteiger partial charge in [-0.2, -0.15) is 0 Å². The van der Waals surface area contributed by atoms with Gasteiger partial charge in [-0.1, -0.05) is 36.7 Å². The lowest BCUT2D eigenvalue weighted by molar-refractivity contribution is 1.07. The van der Waals surface area contributed by atoms with Crippen LogP contribution in [0.5, 0.6) is 0 Å². The van der Waals surface area contributed by atoms with Gasteiger partial charge in [0.25, 0.3) is 0 Å². The second-order valence-corrected chi connectivity index (χ2v) is 3.45. The summed E-state index contributed by atoms with van der Waals surface area (Å²) in [6.45, 7) is 9.74. The first-order valence-electron chi connectivity index (χ1n) is 4.43. The normalized spacial score (nSPS) is 12.5. The third-order valence-electron chi connectivity index (χ3n) is 2.17. The molecule has 0 heterocycles. The zero-order valence-electron chi connectivity index (χ0n) is 7.89. The van der Waals surface area contributed by atoms with E-state index in [4.69, 9.17) is 11.6 Å². The Morgan fingerprint density at radius 2 is 2.23 bits per heavy atom. The largest absolute Gasteiger partial charge is 0.102 e. The van der Waals surface area contributed by atoms with E-state index in [1.807, 2.05) is 12.1 Å². The molecule has 0 saturated heterocycles. The second kappa shape index (κ2) is 4.48. The molecule has 0 fully saturated rings. The molecule has 1 atom stereocenters. The average molecular weight is 194 g/mol. The lowest BCUT2D eigenvalue weighted by Crippen LogP contribution is -1.91. The highest BCUT2D eigenvalue weighted by molar-refractivity contribution is 6.31. The van der Waals surface area contributed by atoms with Crippen molar-refractivity contribution in [2.75, 3.05) is 0 Å². The van der Waals surface area contributed by atoms with Gasteiger partial charge < -0.3 is 0 Å². The Hall–Kier alpha value is -0.750. The van der Waals surface area contributed by atoms with Gasteiger partial charge in [0.1, 0.15) is 0 Å². The van der Waals surface area contributed by atoms with Crippen LogP contribution in [0.4, 0.5) is 0 Å². The van der Waals surface area contributed by atoms with Gasteiger partial charge in [-0.3, -0.25) is 0 Å². The molecule has 1 rings (SSSR count). The topological polar surface area (TPSA) is 0 Å². The van der Waals surface area contributed by atoms with E-state index in [9.17, 15) is 0 Å². The minimum absolute atomic E-state index is 0.128. The lowest BCUT2D eigenvalue weighted by Gasteiger charge is -2.08. The van der Waals surface area contributed by atoms with Crippen molar-refractivity contribution < 1.29 is 0 Å². The van der Waals surface area contributed by atoms with Crippen molar-refractivity contribution >= 4 is 11.6 Å². The highest BCUT2D eigenvalue weighted by atomic mass is 35.5. The smallest absolute Gasteiger partial charge is 0.0440 e. The minimum atomic E-state index is 0.128. The van der Waals surface area contributed by atoms with Crippen LogP contribution in [0.15, 0.2) is 30.9 Å². The maximum absolute atomic E-state index is 6.07. The summed E-state index contributed by atoms with van der Waals surface area (Å²) in [4.78, 5) is 0.